The molecule has 0 saturated carbocycles. The predicted molar refractivity (Wildman–Crippen MR) is 117 cm³/mol. The summed E-state index contributed by atoms with van der Waals surface area (Å²) < 4.78 is 18.8. The van der Waals surface area contributed by atoms with Crippen molar-refractivity contribution in [2.75, 3.05) is 18.8 Å². The number of benzene rings is 1. The standard InChI is InChI=1S/C21H24FN5O3S/c1-20(2,3)30-19(29)26-18-25-17(28)12-9-24-10-21(12,27-18)16-7-6-15(31-16)11-4-5-13(22)14(23)8-11/h4-8,12,24H,9-10,23H2,1-3H3,(H2,25,26,27,28,29)/t12?,21-/m0/s1. The van der Waals surface area contributed by atoms with E-state index < -0.39 is 29.0 Å². The monoisotopic (exact) mass is 445 g/mol. The van der Waals surface area contributed by atoms with Gasteiger partial charge in [-0.05, 0) is 50.6 Å². The summed E-state index contributed by atoms with van der Waals surface area (Å²) in [6.07, 6.45) is -0.695. The van der Waals surface area contributed by atoms with Crippen LogP contribution in [0, 0.1) is 11.7 Å². The van der Waals surface area contributed by atoms with Gasteiger partial charge >= 0.3 is 6.09 Å². The molecule has 164 valence electrons. The summed E-state index contributed by atoms with van der Waals surface area (Å²) in [5, 5.41) is 8.43. The summed E-state index contributed by atoms with van der Waals surface area (Å²) in [5.74, 6) is -1.07. The van der Waals surface area contributed by atoms with E-state index in [1.165, 1.54) is 17.4 Å². The second-order valence-electron chi connectivity index (χ2n) is 8.58. The zero-order valence-electron chi connectivity index (χ0n) is 17.4. The molecular formula is C21H24FN5O3S. The molecule has 31 heavy (non-hydrogen) atoms. The molecular weight excluding hydrogens is 421 g/mol. The molecule has 0 aliphatic carbocycles. The fourth-order valence-electron chi connectivity index (χ4n) is 3.75. The van der Waals surface area contributed by atoms with Crippen LogP contribution < -0.4 is 21.7 Å². The van der Waals surface area contributed by atoms with Crippen LogP contribution in [0.5, 0.6) is 0 Å². The lowest BCUT2D eigenvalue weighted by molar-refractivity contribution is -0.125. The van der Waals surface area contributed by atoms with Crippen molar-refractivity contribution in [1.82, 2.24) is 16.0 Å². The molecule has 2 aromatic rings. The van der Waals surface area contributed by atoms with Crippen molar-refractivity contribution in [3.05, 3.63) is 41.0 Å². The molecule has 0 bridgehead atoms. The summed E-state index contributed by atoms with van der Waals surface area (Å²) in [5.41, 5.74) is 5.03. The minimum Gasteiger partial charge on any atom is -0.444 e. The minimum absolute atomic E-state index is 0.0557. The van der Waals surface area contributed by atoms with Crippen LogP contribution in [0.1, 0.15) is 25.6 Å². The van der Waals surface area contributed by atoms with Crippen molar-refractivity contribution in [1.29, 1.82) is 0 Å². The quantitative estimate of drug-likeness (QED) is 0.530. The summed E-state index contributed by atoms with van der Waals surface area (Å²) in [6, 6.07) is 8.39. The number of amides is 2. The Morgan fingerprint density at radius 2 is 2.13 bits per heavy atom. The highest BCUT2D eigenvalue weighted by molar-refractivity contribution is 7.15. The number of guanidine groups is 1. The fraction of sp³-hybridized carbons (Fsp3) is 0.381. The number of aliphatic imine (C=N–C) groups is 1. The number of rotatable bonds is 2. The Hall–Kier alpha value is -2.98. The van der Waals surface area contributed by atoms with Gasteiger partial charge in [0, 0.05) is 22.8 Å². The van der Waals surface area contributed by atoms with E-state index in [0.29, 0.717) is 13.1 Å². The summed E-state index contributed by atoms with van der Waals surface area (Å²) in [7, 11) is 0. The van der Waals surface area contributed by atoms with Gasteiger partial charge in [0.2, 0.25) is 11.9 Å². The number of nitrogens with zero attached hydrogens (tertiary/aromatic N) is 1. The fourth-order valence-corrected chi connectivity index (χ4v) is 4.94. The van der Waals surface area contributed by atoms with Crippen molar-refractivity contribution in [2.45, 2.75) is 31.9 Å². The number of thiophene rings is 1. The summed E-state index contributed by atoms with van der Waals surface area (Å²) in [6.45, 7) is 6.16. The van der Waals surface area contributed by atoms with Crippen LogP contribution in [0.4, 0.5) is 14.9 Å². The van der Waals surface area contributed by atoms with Crippen LogP contribution >= 0.6 is 11.3 Å². The van der Waals surface area contributed by atoms with Crippen LogP contribution in [0.15, 0.2) is 35.3 Å². The number of anilines is 1. The highest BCUT2D eigenvalue weighted by Crippen LogP contribution is 2.44. The second kappa shape index (κ2) is 7.61. The first-order valence-electron chi connectivity index (χ1n) is 9.84. The zero-order chi connectivity index (χ0) is 22.4. The van der Waals surface area contributed by atoms with E-state index in [1.807, 2.05) is 12.1 Å². The van der Waals surface area contributed by atoms with Gasteiger partial charge in [-0.1, -0.05) is 6.07 Å². The lowest BCUT2D eigenvalue weighted by Crippen LogP contribution is -2.56. The van der Waals surface area contributed by atoms with Gasteiger partial charge < -0.3 is 15.8 Å². The van der Waals surface area contributed by atoms with Crippen LogP contribution in [-0.4, -0.2) is 36.7 Å². The third kappa shape index (κ3) is 4.13. The number of nitrogens with one attached hydrogen (secondary N) is 3. The molecule has 5 N–H and O–H groups in total. The maximum atomic E-state index is 13.5. The molecule has 8 nitrogen and oxygen atoms in total. The average Bonchev–Trinajstić information content (AvgIpc) is 3.30. The van der Waals surface area contributed by atoms with Gasteiger partial charge in [-0.25, -0.2) is 14.2 Å². The molecule has 0 radical (unpaired) electrons. The topological polar surface area (TPSA) is 118 Å². The maximum Gasteiger partial charge on any atom is 0.414 e. The molecule has 2 aliphatic rings. The van der Waals surface area contributed by atoms with Crippen molar-refractivity contribution >= 4 is 35.0 Å². The summed E-state index contributed by atoms with van der Waals surface area (Å²) in [4.78, 5) is 31.5. The molecule has 1 fully saturated rings. The Morgan fingerprint density at radius 3 is 2.84 bits per heavy atom. The van der Waals surface area contributed by atoms with Gasteiger partial charge in [-0.2, -0.15) is 0 Å². The number of carbonyl (C=O) groups excluding carboxylic acids is 2. The SMILES string of the molecule is CC(C)(C)OC(=O)NC1=N[C@@]2(c3ccc(-c4ccc(F)c(N)c4)s3)CNCC2C(=O)N1. The number of alkyl carbamates (subject to hydrolysis) is 1. The van der Waals surface area contributed by atoms with Gasteiger partial charge in [0.05, 0.1) is 11.6 Å². The Bertz CT molecular complexity index is 1080. The molecule has 2 atom stereocenters. The smallest absolute Gasteiger partial charge is 0.414 e. The van der Waals surface area contributed by atoms with Gasteiger partial charge in [0.15, 0.2) is 0 Å². The van der Waals surface area contributed by atoms with Crippen LogP contribution in [0.2, 0.25) is 0 Å². The number of nitrogens with two attached hydrogens (primary N) is 1. The van der Waals surface area contributed by atoms with Crippen molar-refractivity contribution < 1.29 is 18.7 Å². The first-order chi connectivity index (χ1) is 14.6. The molecule has 1 unspecified atom stereocenters. The van der Waals surface area contributed by atoms with E-state index >= 15 is 0 Å². The predicted octanol–water partition coefficient (Wildman–Crippen LogP) is 2.56. The normalized spacial score (nSPS) is 23.0. The largest absolute Gasteiger partial charge is 0.444 e. The first-order valence-corrected chi connectivity index (χ1v) is 10.7. The van der Waals surface area contributed by atoms with Gasteiger partial charge in [0.1, 0.15) is 17.0 Å². The molecule has 10 heteroatoms. The number of hydrogen-bond donors (Lipinski definition) is 4. The van der Waals surface area contributed by atoms with E-state index in [1.54, 1.807) is 32.9 Å². The van der Waals surface area contributed by atoms with Crippen molar-refractivity contribution in [3.8, 4) is 10.4 Å². The van der Waals surface area contributed by atoms with Crippen molar-refractivity contribution in [3.63, 3.8) is 0 Å². The highest BCUT2D eigenvalue weighted by atomic mass is 32.1. The first kappa shape index (κ1) is 21.3. The van der Waals surface area contributed by atoms with Crippen LogP contribution in [0.25, 0.3) is 10.4 Å². The molecule has 2 amide bonds. The van der Waals surface area contributed by atoms with E-state index in [-0.39, 0.29) is 17.6 Å². The molecule has 4 rings (SSSR count). The molecule has 1 saturated heterocycles. The Morgan fingerprint density at radius 1 is 1.35 bits per heavy atom. The van der Waals surface area contributed by atoms with Crippen LogP contribution in [-0.2, 0) is 15.1 Å². The third-order valence-corrected chi connectivity index (χ3v) is 6.42. The molecule has 1 aromatic carbocycles. The Balaban J connectivity index is 1.67. The Labute approximate surface area is 183 Å². The highest BCUT2D eigenvalue weighted by Gasteiger charge is 2.52. The second-order valence-corrected chi connectivity index (χ2v) is 9.67. The molecule has 3 heterocycles. The van der Waals surface area contributed by atoms with Gasteiger partial charge in [-0.15, -0.1) is 11.3 Å². The van der Waals surface area contributed by atoms with E-state index in [9.17, 15) is 14.0 Å². The van der Waals surface area contributed by atoms with E-state index in [4.69, 9.17) is 15.5 Å². The van der Waals surface area contributed by atoms with Crippen molar-refractivity contribution in [2.24, 2.45) is 10.9 Å². The average molecular weight is 446 g/mol. The van der Waals surface area contributed by atoms with Crippen LogP contribution in [0.3, 0.4) is 0 Å². The number of fused-ring (bicyclic) bond motifs is 1. The molecule has 2 aliphatic heterocycles. The minimum atomic E-state index is -0.860. The number of hydrogen-bond acceptors (Lipinski definition) is 7. The summed E-state index contributed by atoms with van der Waals surface area (Å²) >= 11 is 1.46. The third-order valence-electron chi connectivity index (χ3n) is 5.12. The number of ether oxygens (including phenoxy) is 1. The van der Waals surface area contributed by atoms with Gasteiger partial charge in [0.25, 0.3) is 0 Å². The molecule has 0 spiro atoms. The van der Waals surface area contributed by atoms with E-state index in [0.717, 1.165) is 15.3 Å². The lowest BCUT2D eigenvalue weighted by Gasteiger charge is -2.34. The zero-order valence-corrected chi connectivity index (χ0v) is 18.2. The number of halogens is 1. The van der Waals surface area contributed by atoms with E-state index in [2.05, 4.69) is 16.0 Å². The molecule has 1 aromatic heterocycles. The number of nitrogen functional groups attached to an aromatic ring is 1. The maximum absolute atomic E-state index is 13.5. The lowest BCUT2D eigenvalue weighted by atomic mass is 9.84. The Kier molecular flexibility index (Phi) is 5.22. The van der Waals surface area contributed by atoms with Gasteiger partial charge in [-0.3, -0.25) is 15.4 Å². The number of carbonyl (C=O) groups is 2.